The number of rotatable bonds is 5. The molecule has 0 atom stereocenters. The van der Waals surface area contributed by atoms with E-state index in [4.69, 9.17) is 5.11 Å². The van der Waals surface area contributed by atoms with Crippen LogP contribution in [0.5, 0.6) is 0 Å². The highest BCUT2D eigenvalue weighted by atomic mass is 32.1. The van der Waals surface area contributed by atoms with Gasteiger partial charge in [-0.2, -0.15) is 0 Å². The summed E-state index contributed by atoms with van der Waals surface area (Å²) in [4.78, 5) is 23.6. The molecule has 21 heavy (non-hydrogen) atoms. The molecule has 3 aromatic rings. The molecular formula is C12H11N5O2S2. The third-order valence-corrected chi connectivity index (χ3v) is 4.31. The summed E-state index contributed by atoms with van der Waals surface area (Å²) in [5.74, 6) is 0.471. The van der Waals surface area contributed by atoms with Gasteiger partial charge in [0, 0.05) is 24.7 Å². The van der Waals surface area contributed by atoms with Crippen molar-refractivity contribution in [3.05, 3.63) is 23.0 Å². The molecule has 7 nitrogen and oxygen atoms in total. The van der Waals surface area contributed by atoms with Crippen LogP contribution < -0.4 is 10.6 Å². The maximum Gasteiger partial charge on any atom is 0.404 e. The molecule has 0 unspecified atom stereocenters. The molecule has 0 aliphatic carbocycles. The highest BCUT2D eigenvalue weighted by Crippen LogP contribution is 2.31. The van der Waals surface area contributed by atoms with Gasteiger partial charge in [-0.3, -0.25) is 0 Å². The molecule has 0 aliphatic heterocycles. The second kappa shape index (κ2) is 6.02. The Morgan fingerprint density at radius 1 is 1.24 bits per heavy atom. The van der Waals surface area contributed by atoms with Crippen LogP contribution in [-0.4, -0.2) is 39.2 Å². The number of nitrogens with zero attached hydrogens (tertiary/aromatic N) is 3. The van der Waals surface area contributed by atoms with Crippen LogP contribution in [0.15, 0.2) is 23.0 Å². The first kappa shape index (κ1) is 13.7. The fourth-order valence-electron chi connectivity index (χ4n) is 1.77. The number of thiazole rings is 1. The molecule has 0 fully saturated rings. The first-order valence-corrected chi connectivity index (χ1v) is 7.86. The van der Waals surface area contributed by atoms with E-state index in [0.717, 1.165) is 20.9 Å². The number of nitrogens with one attached hydrogen (secondary N) is 2. The van der Waals surface area contributed by atoms with Crippen LogP contribution in [0.25, 0.3) is 20.9 Å². The predicted molar refractivity (Wildman–Crippen MR) is 83.0 cm³/mol. The Balaban J connectivity index is 1.85. The third kappa shape index (κ3) is 3.09. The van der Waals surface area contributed by atoms with E-state index >= 15 is 0 Å². The molecule has 108 valence electrons. The van der Waals surface area contributed by atoms with Crippen LogP contribution in [0.3, 0.4) is 0 Å². The lowest BCUT2D eigenvalue weighted by Gasteiger charge is -2.06. The summed E-state index contributed by atoms with van der Waals surface area (Å²) in [6.07, 6.45) is 0.695. The van der Waals surface area contributed by atoms with E-state index in [9.17, 15) is 4.79 Å². The van der Waals surface area contributed by atoms with Gasteiger partial charge in [-0.05, 0) is 11.4 Å². The van der Waals surface area contributed by atoms with Crippen LogP contribution >= 0.6 is 22.7 Å². The van der Waals surface area contributed by atoms with Gasteiger partial charge < -0.3 is 15.7 Å². The minimum Gasteiger partial charge on any atom is -0.465 e. The molecule has 0 aliphatic rings. The number of amides is 1. The largest absolute Gasteiger partial charge is 0.465 e. The molecule has 0 saturated heterocycles. The van der Waals surface area contributed by atoms with Crippen LogP contribution in [0.4, 0.5) is 10.7 Å². The van der Waals surface area contributed by atoms with Gasteiger partial charge in [-0.25, -0.2) is 19.7 Å². The predicted octanol–water partition coefficient (Wildman–Crippen LogP) is 2.49. The molecule has 0 bridgehead atoms. The molecule has 1 amide bonds. The topological polar surface area (TPSA) is 100 Å². The molecule has 3 heterocycles. The lowest BCUT2D eigenvalue weighted by molar-refractivity contribution is 0.195. The second-order valence-corrected chi connectivity index (χ2v) is 5.84. The van der Waals surface area contributed by atoms with Gasteiger partial charge in [0.15, 0.2) is 0 Å². The van der Waals surface area contributed by atoms with Gasteiger partial charge in [0.05, 0.1) is 10.2 Å². The summed E-state index contributed by atoms with van der Waals surface area (Å²) in [5.41, 5.74) is 1.66. The van der Waals surface area contributed by atoms with Gasteiger partial charge in [-0.15, -0.1) is 22.7 Å². The summed E-state index contributed by atoms with van der Waals surface area (Å²) in [6, 6.07) is 1.93. The van der Waals surface area contributed by atoms with Crippen molar-refractivity contribution in [3.63, 3.8) is 0 Å². The summed E-state index contributed by atoms with van der Waals surface area (Å²) in [6.45, 7) is 0.701. The van der Waals surface area contributed by atoms with Gasteiger partial charge in [0.2, 0.25) is 5.95 Å². The number of thiophene rings is 1. The number of hydrogen-bond acceptors (Lipinski definition) is 7. The Morgan fingerprint density at radius 2 is 2.14 bits per heavy atom. The van der Waals surface area contributed by atoms with Crippen molar-refractivity contribution in [3.8, 4) is 10.7 Å². The zero-order valence-electron chi connectivity index (χ0n) is 10.7. The Kier molecular flexibility index (Phi) is 3.93. The number of carboxylic acid groups (broad SMARTS) is 1. The Morgan fingerprint density at radius 3 is 2.90 bits per heavy atom. The highest BCUT2D eigenvalue weighted by Gasteiger charge is 2.12. The Bertz CT molecular complexity index is 756. The molecule has 3 rings (SSSR count). The van der Waals surface area contributed by atoms with Gasteiger partial charge in [-0.1, -0.05) is 0 Å². The molecule has 0 aromatic carbocycles. The van der Waals surface area contributed by atoms with Crippen molar-refractivity contribution in [2.75, 3.05) is 18.4 Å². The zero-order chi connectivity index (χ0) is 14.7. The summed E-state index contributed by atoms with van der Waals surface area (Å²) in [7, 11) is 0. The third-order valence-electron chi connectivity index (χ3n) is 2.62. The Labute approximate surface area is 127 Å². The van der Waals surface area contributed by atoms with Crippen LogP contribution in [0.1, 0.15) is 0 Å². The van der Waals surface area contributed by atoms with E-state index in [-0.39, 0.29) is 6.54 Å². The minimum absolute atomic E-state index is 0.285. The maximum absolute atomic E-state index is 10.4. The van der Waals surface area contributed by atoms with Crippen molar-refractivity contribution < 1.29 is 9.90 Å². The van der Waals surface area contributed by atoms with Crippen molar-refractivity contribution >= 4 is 44.9 Å². The molecule has 9 heteroatoms. The standard InChI is InChI=1S/C12H11N5O2S2/c18-12(19)15-3-2-14-11-16-7-1-5-20-9(7)8(17-11)10-13-4-6-21-10/h1,4-6,15H,2-3H2,(H,18,19)(H,14,16,17). The van der Waals surface area contributed by atoms with E-state index < -0.39 is 6.09 Å². The van der Waals surface area contributed by atoms with E-state index in [2.05, 4.69) is 25.6 Å². The summed E-state index contributed by atoms with van der Waals surface area (Å²) in [5, 5.41) is 18.5. The van der Waals surface area contributed by atoms with Crippen molar-refractivity contribution in [1.29, 1.82) is 0 Å². The van der Waals surface area contributed by atoms with Crippen molar-refractivity contribution in [1.82, 2.24) is 20.3 Å². The van der Waals surface area contributed by atoms with E-state index in [1.165, 1.54) is 11.3 Å². The number of anilines is 1. The van der Waals surface area contributed by atoms with Crippen LogP contribution in [-0.2, 0) is 0 Å². The summed E-state index contributed by atoms with van der Waals surface area (Å²) < 4.78 is 0.999. The SMILES string of the molecule is O=C(O)NCCNc1nc(-c2nccs2)c2sccc2n1. The normalized spacial score (nSPS) is 10.7. The molecule has 3 aromatic heterocycles. The lowest BCUT2D eigenvalue weighted by atomic mass is 10.3. The average molecular weight is 321 g/mol. The lowest BCUT2D eigenvalue weighted by Crippen LogP contribution is -2.27. The first-order valence-electron chi connectivity index (χ1n) is 6.10. The first-order chi connectivity index (χ1) is 10.2. The smallest absolute Gasteiger partial charge is 0.404 e. The van der Waals surface area contributed by atoms with Gasteiger partial charge in [0.1, 0.15) is 10.7 Å². The summed E-state index contributed by atoms with van der Waals surface area (Å²) >= 11 is 3.10. The van der Waals surface area contributed by atoms with Gasteiger partial charge in [0.25, 0.3) is 0 Å². The van der Waals surface area contributed by atoms with E-state index in [1.54, 1.807) is 17.5 Å². The quantitative estimate of drug-likeness (QED) is 0.624. The van der Waals surface area contributed by atoms with Crippen LogP contribution in [0, 0.1) is 0 Å². The van der Waals surface area contributed by atoms with Crippen LogP contribution in [0.2, 0.25) is 0 Å². The number of hydrogen-bond donors (Lipinski definition) is 3. The number of carbonyl (C=O) groups is 1. The van der Waals surface area contributed by atoms with Gasteiger partial charge >= 0.3 is 6.09 Å². The average Bonchev–Trinajstić information content (AvgIpc) is 3.13. The molecule has 0 saturated carbocycles. The number of fused-ring (bicyclic) bond motifs is 1. The number of aromatic nitrogens is 3. The van der Waals surface area contributed by atoms with Crippen molar-refractivity contribution in [2.45, 2.75) is 0 Å². The Hall–Kier alpha value is -2.26. The monoisotopic (exact) mass is 321 g/mol. The second-order valence-electron chi connectivity index (χ2n) is 4.03. The fraction of sp³-hybridized carbons (Fsp3) is 0.167. The minimum atomic E-state index is -1.05. The van der Waals surface area contributed by atoms with Crippen molar-refractivity contribution in [2.24, 2.45) is 0 Å². The molecule has 0 spiro atoms. The molecule has 3 N–H and O–H groups in total. The fourth-order valence-corrected chi connectivity index (χ4v) is 3.29. The maximum atomic E-state index is 10.4. The zero-order valence-corrected chi connectivity index (χ0v) is 12.4. The molecular weight excluding hydrogens is 310 g/mol. The van der Waals surface area contributed by atoms with E-state index in [0.29, 0.717) is 12.5 Å². The van der Waals surface area contributed by atoms with E-state index in [1.807, 2.05) is 16.8 Å². The highest BCUT2D eigenvalue weighted by molar-refractivity contribution is 7.18. The molecule has 0 radical (unpaired) electrons.